The highest BCUT2D eigenvalue weighted by Crippen LogP contribution is 2.31. The van der Waals surface area contributed by atoms with E-state index in [1.54, 1.807) is 23.5 Å². The molecule has 0 aliphatic heterocycles. The van der Waals surface area contributed by atoms with Gasteiger partial charge in [0.2, 0.25) is 0 Å². The molecule has 0 atom stereocenters. The van der Waals surface area contributed by atoms with E-state index in [4.69, 9.17) is 4.74 Å². The maximum Gasteiger partial charge on any atom is 0.261 e. The number of aromatic nitrogens is 1. The molecule has 1 heterocycles. The number of ether oxygens (including phenoxy) is 1. The van der Waals surface area contributed by atoms with Gasteiger partial charge in [-0.2, -0.15) is 0 Å². The molecule has 1 aromatic carbocycles. The molecule has 104 valence electrons. The fourth-order valence-electron chi connectivity index (χ4n) is 2.34. The number of carbonyl (C=O) groups excluding carboxylic acids is 1. The standard InChI is InChI=1S/C15H16N2O2S/c1-2-19-12-8-4-3-6-10(12)14(18)17-15-16-11-7-5-9-13(11)20-15/h3-4,6,8H,2,5,7,9H2,1H3,(H,16,17,18). The lowest BCUT2D eigenvalue weighted by Gasteiger charge is -2.09. The second-order valence-electron chi connectivity index (χ2n) is 4.63. The zero-order valence-electron chi connectivity index (χ0n) is 11.3. The van der Waals surface area contributed by atoms with Gasteiger partial charge in [0, 0.05) is 4.88 Å². The lowest BCUT2D eigenvalue weighted by Crippen LogP contribution is -2.13. The molecular formula is C15H16N2O2S. The maximum atomic E-state index is 12.3. The summed E-state index contributed by atoms with van der Waals surface area (Å²) in [4.78, 5) is 18.1. The Morgan fingerprint density at radius 1 is 1.40 bits per heavy atom. The molecule has 1 aliphatic rings. The second kappa shape index (κ2) is 5.63. The van der Waals surface area contributed by atoms with Crippen molar-refractivity contribution in [2.75, 3.05) is 11.9 Å². The molecule has 4 nitrogen and oxygen atoms in total. The number of thiazole rings is 1. The van der Waals surface area contributed by atoms with E-state index >= 15 is 0 Å². The van der Waals surface area contributed by atoms with Gasteiger partial charge in [-0.3, -0.25) is 10.1 Å². The van der Waals surface area contributed by atoms with Gasteiger partial charge in [-0.25, -0.2) is 4.98 Å². The number of nitrogens with one attached hydrogen (secondary N) is 1. The molecule has 3 rings (SSSR count). The van der Waals surface area contributed by atoms with Gasteiger partial charge in [0.25, 0.3) is 5.91 Å². The third kappa shape index (κ3) is 2.54. The lowest BCUT2D eigenvalue weighted by atomic mass is 10.2. The van der Waals surface area contributed by atoms with Crippen molar-refractivity contribution in [1.82, 2.24) is 4.98 Å². The topological polar surface area (TPSA) is 51.2 Å². The van der Waals surface area contributed by atoms with Crippen LogP contribution in [0.1, 0.15) is 34.3 Å². The monoisotopic (exact) mass is 288 g/mol. The number of benzene rings is 1. The van der Waals surface area contributed by atoms with Gasteiger partial charge in [-0.05, 0) is 38.3 Å². The lowest BCUT2D eigenvalue weighted by molar-refractivity contribution is 0.102. The van der Waals surface area contributed by atoms with Crippen molar-refractivity contribution in [2.24, 2.45) is 0 Å². The van der Waals surface area contributed by atoms with Crippen LogP contribution in [0.3, 0.4) is 0 Å². The van der Waals surface area contributed by atoms with Gasteiger partial charge in [-0.1, -0.05) is 12.1 Å². The smallest absolute Gasteiger partial charge is 0.261 e. The van der Waals surface area contributed by atoms with Gasteiger partial charge in [0.1, 0.15) is 5.75 Å². The van der Waals surface area contributed by atoms with E-state index in [-0.39, 0.29) is 5.91 Å². The summed E-state index contributed by atoms with van der Waals surface area (Å²) in [6.07, 6.45) is 3.28. The Bertz CT molecular complexity index is 615. The Kier molecular flexibility index (Phi) is 3.69. The number of nitrogens with zero attached hydrogens (tertiary/aromatic N) is 1. The average molecular weight is 288 g/mol. The maximum absolute atomic E-state index is 12.3. The summed E-state index contributed by atoms with van der Waals surface area (Å²) in [6.45, 7) is 2.44. The van der Waals surface area contributed by atoms with E-state index in [0.717, 1.165) is 18.5 Å². The van der Waals surface area contributed by atoms with E-state index in [9.17, 15) is 4.79 Å². The fraction of sp³-hybridized carbons (Fsp3) is 0.333. The van der Waals surface area contributed by atoms with Crippen LogP contribution in [0, 0.1) is 0 Å². The number of rotatable bonds is 4. The minimum atomic E-state index is -0.165. The number of hydrogen-bond donors (Lipinski definition) is 1. The van der Waals surface area contributed by atoms with Gasteiger partial charge >= 0.3 is 0 Å². The van der Waals surface area contributed by atoms with Crippen molar-refractivity contribution in [1.29, 1.82) is 0 Å². The molecule has 20 heavy (non-hydrogen) atoms. The quantitative estimate of drug-likeness (QED) is 0.939. The molecule has 1 aliphatic carbocycles. The van der Waals surface area contributed by atoms with Gasteiger partial charge in [-0.15, -0.1) is 11.3 Å². The molecule has 1 aromatic heterocycles. The van der Waals surface area contributed by atoms with Crippen LogP contribution < -0.4 is 10.1 Å². The number of carbonyl (C=O) groups is 1. The number of aryl methyl sites for hydroxylation is 2. The zero-order chi connectivity index (χ0) is 13.9. The van der Waals surface area contributed by atoms with E-state index in [0.29, 0.717) is 23.1 Å². The molecule has 1 N–H and O–H groups in total. The van der Waals surface area contributed by atoms with Crippen molar-refractivity contribution >= 4 is 22.4 Å². The highest BCUT2D eigenvalue weighted by Gasteiger charge is 2.19. The Labute approximate surface area is 121 Å². The SMILES string of the molecule is CCOc1ccccc1C(=O)Nc1nc2c(s1)CCC2. The molecule has 5 heteroatoms. The Morgan fingerprint density at radius 3 is 3.05 bits per heavy atom. The predicted octanol–water partition coefficient (Wildman–Crippen LogP) is 3.28. The molecule has 0 unspecified atom stereocenters. The van der Waals surface area contributed by atoms with Crippen LogP contribution in [0.5, 0.6) is 5.75 Å². The molecule has 0 spiro atoms. The molecule has 2 aromatic rings. The second-order valence-corrected chi connectivity index (χ2v) is 5.71. The Hall–Kier alpha value is -1.88. The van der Waals surface area contributed by atoms with Crippen LogP contribution in [0.25, 0.3) is 0 Å². The van der Waals surface area contributed by atoms with Crippen LogP contribution in [0.15, 0.2) is 24.3 Å². The highest BCUT2D eigenvalue weighted by atomic mass is 32.1. The first kappa shape index (κ1) is 13.1. The minimum Gasteiger partial charge on any atom is -0.493 e. The molecular weight excluding hydrogens is 272 g/mol. The molecule has 0 radical (unpaired) electrons. The first-order valence-electron chi connectivity index (χ1n) is 6.79. The normalized spacial score (nSPS) is 13.1. The number of hydrogen-bond acceptors (Lipinski definition) is 4. The summed E-state index contributed by atoms with van der Waals surface area (Å²) in [6, 6.07) is 7.26. The van der Waals surface area contributed by atoms with Gasteiger partial charge < -0.3 is 4.74 Å². The predicted molar refractivity (Wildman–Crippen MR) is 79.7 cm³/mol. The summed E-state index contributed by atoms with van der Waals surface area (Å²) in [5, 5.41) is 3.56. The summed E-state index contributed by atoms with van der Waals surface area (Å²) >= 11 is 1.58. The van der Waals surface area contributed by atoms with Crippen molar-refractivity contribution < 1.29 is 9.53 Å². The van der Waals surface area contributed by atoms with E-state index in [2.05, 4.69) is 10.3 Å². The van der Waals surface area contributed by atoms with Gasteiger partial charge in [0.15, 0.2) is 5.13 Å². The van der Waals surface area contributed by atoms with Crippen LogP contribution in [0.4, 0.5) is 5.13 Å². The fourth-order valence-corrected chi connectivity index (χ4v) is 3.39. The van der Waals surface area contributed by atoms with Crippen molar-refractivity contribution in [3.8, 4) is 5.75 Å². The molecule has 0 fully saturated rings. The number of para-hydroxylation sites is 1. The Morgan fingerprint density at radius 2 is 2.25 bits per heavy atom. The average Bonchev–Trinajstić information content (AvgIpc) is 3.00. The van der Waals surface area contributed by atoms with E-state index < -0.39 is 0 Å². The number of anilines is 1. The van der Waals surface area contributed by atoms with E-state index in [1.807, 2.05) is 19.1 Å². The zero-order valence-corrected chi connectivity index (χ0v) is 12.1. The van der Waals surface area contributed by atoms with Crippen LogP contribution in [0.2, 0.25) is 0 Å². The van der Waals surface area contributed by atoms with Gasteiger partial charge in [0.05, 0.1) is 17.9 Å². The van der Waals surface area contributed by atoms with E-state index in [1.165, 1.54) is 11.3 Å². The van der Waals surface area contributed by atoms with Crippen molar-refractivity contribution in [3.05, 3.63) is 40.4 Å². The first-order valence-corrected chi connectivity index (χ1v) is 7.61. The summed E-state index contributed by atoms with van der Waals surface area (Å²) in [5.41, 5.74) is 1.69. The third-order valence-electron chi connectivity index (χ3n) is 3.25. The molecule has 0 saturated carbocycles. The summed E-state index contributed by atoms with van der Waals surface area (Å²) < 4.78 is 5.48. The molecule has 0 bridgehead atoms. The molecule has 0 saturated heterocycles. The van der Waals surface area contributed by atoms with Crippen LogP contribution in [-0.2, 0) is 12.8 Å². The minimum absolute atomic E-state index is 0.165. The van der Waals surface area contributed by atoms with Crippen molar-refractivity contribution in [3.63, 3.8) is 0 Å². The first-order chi connectivity index (χ1) is 9.78. The summed E-state index contributed by atoms with van der Waals surface area (Å²) in [7, 11) is 0. The van der Waals surface area contributed by atoms with Crippen molar-refractivity contribution in [2.45, 2.75) is 26.2 Å². The highest BCUT2D eigenvalue weighted by molar-refractivity contribution is 7.16. The third-order valence-corrected chi connectivity index (χ3v) is 4.32. The Balaban J connectivity index is 1.78. The van der Waals surface area contributed by atoms with Crippen LogP contribution >= 0.6 is 11.3 Å². The number of amides is 1. The number of fused-ring (bicyclic) bond motifs is 1. The largest absolute Gasteiger partial charge is 0.493 e. The van der Waals surface area contributed by atoms with Crippen LogP contribution in [-0.4, -0.2) is 17.5 Å². The molecule has 1 amide bonds. The summed E-state index contributed by atoms with van der Waals surface area (Å²) in [5.74, 6) is 0.443.